The number of likely N-dealkylation sites (N-methyl/N-ethyl adjacent to an activating group) is 2. The van der Waals surface area contributed by atoms with Crippen LogP contribution in [0.5, 0.6) is 0 Å². The molecule has 0 radical (unpaired) electrons. The van der Waals surface area contributed by atoms with Gasteiger partial charge in [0.25, 0.3) is 0 Å². The molecular formula is C25H38BrN5O. The van der Waals surface area contributed by atoms with Crippen molar-refractivity contribution in [3.05, 3.63) is 46.2 Å². The number of amides is 1. The fourth-order valence-corrected chi connectivity index (χ4v) is 4.81. The van der Waals surface area contributed by atoms with Gasteiger partial charge in [-0.1, -0.05) is 36.2 Å². The minimum atomic E-state index is 0.202. The molecule has 32 heavy (non-hydrogen) atoms. The fourth-order valence-electron chi connectivity index (χ4n) is 4.54. The molecule has 0 spiro atoms. The number of hydrogen-bond acceptors (Lipinski definition) is 4. The topological polar surface area (TPSA) is 44.6 Å². The third-order valence-corrected chi connectivity index (χ3v) is 7.08. The second-order valence-corrected chi connectivity index (χ2v) is 9.82. The third kappa shape index (κ3) is 6.42. The van der Waals surface area contributed by atoms with Gasteiger partial charge < -0.3 is 4.90 Å². The molecule has 0 saturated heterocycles. The lowest BCUT2D eigenvalue weighted by molar-refractivity contribution is -0.131. The van der Waals surface area contributed by atoms with E-state index in [2.05, 4.69) is 68.4 Å². The van der Waals surface area contributed by atoms with E-state index in [0.717, 1.165) is 55.7 Å². The highest BCUT2D eigenvalue weighted by Gasteiger charge is 2.22. The molecule has 1 unspecified atom stereocenters. The first-order valence-corrected chi connectivity index (χ1v) is 12.7. The summed E-state index contributed by atoms with van der Waals surface area (Å²) in [7, 11) is 1.94. The summed E-state index contributed by atoms with van der Waals surface area (Å²) in [6.45, 7) is 11.6. The Morgan fingerprint density at radius 3 is 2.66 bits per heavy atom. The summed E-state index contributed by atoms with van der Waals surface area (Å²) in [5, 5.41) is 4.65. The average molecular weight is 505 g/mol. The largest absolute Gasteiger partial charge is 0.343 e. The Morgan fingerprint density at radius 2 is 1.97 bits per heavy atom. The molecule has 0 bridgehead atoms. The van der Waals surface area contributed by atoms with Crippen molar-refractivity contribution in [3.8, 4) is 5.69 Å². The number of hydrogen-bond donors (Lipinski definition) is 0. The first-order chi connectivity index (χ1) is 15.4. The first kappa shape index (κ1) is 24.9. The molecular weight excluding hydrogens is 466 g/mol. The molecule has 3 rings (SSSR count). The Bertz CT molecular complexity index is 866. The summed E-state index contributed by atoms with van der Waals surface area (Å²) < 4.78 is 3.12. The van der Waals surface area contributed by atoms with Crippen LogP contribution in [0.2, 0.25) is 0 Å². The molecule has 6 nitrogen and oxygen atoms in total. The number of benzene rings is 1. The predicted octanol–water partition coefficient (Wildman–Crippen LogP) is 4.35. The second kappa shape index (κ2) is 12.0. The molecule has 7 heteroatoms. The standard InChI is InChI=1S/C25H38BrN5O/c1-5-8-20(3)30(6-2)16-15-28(4)25(32)19-29-14-7-9-24-21(18-29)17-27-31(24)23-12-10-22(26)11-13-23/h10-13,17,20H,5-9,14-16,18-19H2,1-4H3. The fraction of sp³-hybridized carbons (Fsp3) is 0.600. The van der Waals surface area contributed by atoms with Crippen LogP contribution in [0, 0.1) is 0 Å². The van der Waals surface area contributed by atoms with E-state index < -0.39 is 0 Å². The SMILES string of the molecule is CCCC(C)N(CC)CCN(C)C(=O)CN1CCCc2c(cnn2-c2ccc(Br)cc2)C1. The summed E-state index contributed by atoms with van der Waals surface area (Å²) in [5.41, 5.74) is 3.57. The van der Waals surface area contributed by atoms with Gasteiger partial charge in [0.2, 0.25) is 5.91 Å². The van der Waals surface area contributed by atoms with Crippen molar-refractivity contribution in [1.29, 1.82) is 0 Å². The quantitative estimate of drug-likeness (QED) is 0.483. The van der Waals surface area contributed by atoms with Crippen LogP contribution in [0.4, 0.5) is 0 Å². The van der Waals surface area contributed by atoms with Gasteiger partial charge in [-0.15, -0.1) is 0 Å². The monoisotopic (exact) mass is 503 g/mol. The molecule has 2 aromatic rings. The molecule has 1 atom stereocenters. The summed E-state index contributed by atoms with van der Waals surface area (Å²) in [6.07, 6.45) is 6.38. The van der Waals surface area contributed by atoms with Gasteiger partial charge in [-0.05, 0) is 63.5 Å². The van der Waals surface area contributed by atoms with Crippen LogP contribution in [-0.4, -0.2) is 76.2 Å². The van der Waals surface area contributed by atoms with Crippen molar-refractivity contribution in [2.45, 2.75) is 59.0 Å². The van der Waals surface area contributed by atoms with Crippen LogP contribution >= 0.6 is 15.9 Å². The van der Waals surface area contributed by atoms with Crippen LogP contribution < -0.4 is 0 Å². The number of nitrogens with zero attached hydrogens (tertiary/aromatic N) is 5. The van der Waals surface area contributed by atoms with Crippen LogP contribution in [0.3, 0.4) is 0 Å². The van der Waals surface area contributed by atoms with Crippen LogP contribution in [-0.2, 0) is 17.8 Å². The summed E-state index contributed by atoms with van der Waals surface area (Å²) >= 11 is 3.50. The van der Waals surface area contributed by atoms with Crippen molar-refractivity contribution in [2.24, 2.45) is 0 Å². The van der Waals surface area contributed by atoms with E-state index in [1.165, 1.54) is 24.1 Å². The van der Waals surface area contributed by atoms with E-state index in [9.17, 15) is 4.79 Å². The second-order valence-electron chi connectivity index (χ2n) is 8.90. The highest BCUT2D eigenvalue weighted by Crippen LogP contribution is 2.23. The van der Waals surface area contributed by atoms with Gasteiger partial charge in [0.15, 0.2) is 0 Å². The smallest absolute Gasteiger partial charge is 0.236 e. The van der Waals surface area contributed by atoms with E-state index in [0.29, 0.717) is 12.6 Å². The van der Waals surface area contributed by atoms with E-state index in [-0.39, 0.29) is 5.91 Å². The molecule has 0 N–H and O–H groups in total. The zero-order valence-corrected chi connectivity index (χ0v) is 21.6. The molecule has 176 valence electrons. The normalized spacial score (nSPS) is 15.4. The van der Waals surface area contributed by atoms with Crippen LogP contribution in [0.15, 0.2) is 34.9 Å². The number of aromatic nitrogens is 2. The maximum absolute atomic E-state index is 12.9. The Balaban J connectivity index is 1.57. The Kier molecular flexibility index (Phi) is 9.32. The van der Waals surface area contributed by atoms with Gasteiger partial charge in [0.1, 0.15) is 0 Å². The summed E-state index contributed by atoms with van der Waals surface area (Å²) in [5.74, 6) is 0.202. The summed E-state index contributed by atoms with van der Waals surface area (Å²) in [6, 6.07) is 8.83. The van der Waals surface area contributed by atoms with Crippen molar-refractivity contribution in [3.63, 3.8) is 0 Å². The zero-order chi connectivity index (χ0) is 23.1. The average Bonchev–Trinajstić information content (AvgIpc) is 3.06. The lowest BCUT2D eigenvalue weighted by atomic mass is 10.1. The number of carbonyl (C=O) groups is 1. The molecule has 2 heterocycles. The lowest BCUT2D eigenvalue weighted by Crippen LogP contribution is -2.43. The highest BCUT2D eigenvalue weighted by molar-refractivity contribution is 9.10. The zero-order valence-electron chi connectivity index (χ0n) is 20.1. The first-order valence-electron chi connectivity index (χ1n) is 11.9. The minimum absolute atomic E-state index is 0.202. The summed E-state index contributed by atoms with van der Waals surface area (Å²) in [4.78, 5) is 19.6. The number of carbonyl (C=O) groups excluding carboxylic acids is 1. The van der Waals surface area contributed by atoms with E-state index in [1.807, 2.05) is 30.3 Å². The molecule has 1 aliphatic heterocycles. The molecule has 0 saturated carbocycles. The van der Waals surface area contributed by atoms with E-state index in [4.69, 9.17) is 0 Å². The maximum Gasteiger partial charge on any atom is 0.236 e. The number of halogens is 1. The maximum atomic E-state index is 12.9. The minimum Gasteiger partial charge on any atom is -0.343 e. The Morgan fingerprint density at radius 1 is 1.22 bits per heavy atom. The van der Waals surface area contributed by atoms with Crippen molar-refractivity contribution < 1.29 is 4.79 Å². The molecule has 1 aliphatic rings. The van der Waals surface area contributed by atoms with Gasteiger partial charge in [-0.25, -0.2) is 4.68 Å². The van der Waals surface area contributed by atoms with Crippen molar-refractivity contribution in [1.82, 2.24) is 24.5 Å². The lowest BCUT2D eigenvalue weighted by Gasteiger charge is -2.30. The van der Waals surface area contributed by atoms with Crippen molar-refractivity contribution >= 4 is 21.8 Å². The van der Waals surface area contributed by atoms with Gasteiger partial charge in [0.05, 0.1) is 18.4 Å². The van der Waals surface area contributed by atoms with Crippen LogP contribution in [0.1, 0.15) is 51.3 Å². The predicted molar refractivity (Wildman–Crippen MR) is 134 cm³/mol. The third-order valence-electron chi connectivity index (χ3n) is 6.55. The van der Waals surface area contributed by atoms with E-state index in [1.54, 1.807) is 0 Å². The van der Waals surface area contributed by atoms with Crippen molar-refractivity contribution in [2.75, 3.05) is 39.8 Å². The Labute approximate surface area is 201 Å². The molecule has 1 amide bonds. The highest BCUT2D eigenvalue weighted by atomic mass is 79.9. The number of fused-ring (bicyclic) bond motifs is 1. The molecule has 1 aromatic heterocycles. The van der Waals surface area contributed by atoms with Crippen LogP contribution in [0.25, 0.3) is 5.69 Å². The van der Waals surface area contributed by atoms with Gasteiger partial charge in [0, 0.05) is 48.5 Å². The number of rotatable bonds is 10. The van der Waals surface area contributed by atoms with Gasteiger partial charge in [-0.2, -0.15) is 5.10 Å². The Hall–Kier alpha value is -1.70. The molecule has 0 fully saturated rings. The van der Waals surface area contributed by atoms with Gasteiger partial charge in [-0.3, -0.25) is 14.6 Å². The van der Waals surface area contributed by atoms with Gasteiger partial charge >= 0.3 is 0 Å². The molecule has 0 aliphatic carbocycles. The molecule has 1 aromatic carbocycles. The van der Waals surface area contributed by atoms with E-state index >= 15 is 0 Å².